The molecule has 0 aromatic carbocycles. The highest BCUT2D eigenvalue weighted by molar-refractivity contribution is 7.80. The van der Waals surface area contributed by atoms with Crippen molar-refractivity contribution in [1.29, 1.82) is 0 Å². The van der Waals surface area contributed by atoms with E-state index in [1.165, 1.54) is 0 Å². The lowest BCUT2D eigenvalue weighted by Gasteiger charge is -2.13. The number of nitrogens with two attached hydrogens (primary N) is 1. The zero-order valence-electron chi connectivity index (χ0n) is 6.66. The van der Waals surface area contributed by atoms with Crippen LogP contribution in [0.1, 0.15) is 19.8 Å². The lowest BCUT2D eigenvalue weighted by atomic mass is 10.0. The number of aliphatic carboxylic acids is 1. The van der Waals surface area contributed by atoms with Crippen molar-refractivity contribution in [2.45, 2.75) is 25.0 Å². The maximum absolute atomic E-state index is 10.3. The van der Waals surface area contributed by atoms with Gasteiger partial charge in [0.05, 0.1) is 0 Å². The number of carboxylic acids is 1. The van der Waals surface area contributed by atoms with Gasteiger partial charge in [-0.2, -0.15) is 12.6 Å². The Hall–Kier alpha value is -0.220. The quantitative estimate of drug-likeness (QED) is 0.543. The van der Waals surface area contributed by atoms with E-state index in [0.29, 0.717) is 6.54 Å². The number of hydrogen-bond donors (Lipinski definition) is 3. The van der Waals surface area contributed by atoms with Gasteiger partial charge in [0.2, 0.25) is 0 Å². The third-order valence-electron chi connectivity index (χ3n) is 1.47. The Morgan fingerprint density at radius 3 is 2.55 bits per heavy atom. The molecule has 3 nitrogen and oxygen atoms in total. The van der Waals surface area contributed by atoms with Crippen LogP contribution in [0.25, 0.3) is 0 Å². The molecule has 0 fully saturated rings. The van der Waals surface area contributed by atoms with Crippen LogP contribution in [0.4, 0.5) is 0 Å². The molecule has 0 rings (SSSR count). The summed E-state index contributed by atoms with van der Waals surface area (Å²) >= 11 is 4.17. The Morgan fingerprint density at radius 1 is 1.73 bits per heavy atom. The molecule has 0 bridgehead atoms. The van der Waals surface area contributed by atoms with Gasteiger partial charge in [-0.05, 0) is 24.1 Å². The van der Waals surface area contributed by atoms with Gasteiger partial charge in [-0.25, -0.2) is 0 Å². The fourth-order valence-corrected chi connectivity index (χ4v) is 1.29. The Labute approximate surface area is 72.4 Å². The second kappa shape index (κ2) is 5.43. The highest BCUT2D eigenvalue weighted by atomic mass is 32.1. The van der Waals surface area contributed by atoms with Gasteiger partial charge in [0.15, 0.2) is 0 Å². The van der Waals surface area contributed by atoms with E-state index < -0.39 is 5.97 Å². The molecule has 0 amide bonds. The van der Waals surface area contributed by atoms with Gasteiger partial charge in [0.25, 0.3) is 0 Å². The first-order chi connectivity index (χ1) is 5.06. The third kappa shape index (κ3) is 6.19. The van der Waals surface area contributed by atoms with E-state index >= 15 is 0 Å². The lowest BCUT2D eigenvalue weighted by molar-refractivity contribution is -0.138. The molecule has 0 radical (unpaired) electrons. The highest BCUT2D eigenvalue weighted by Crippen LogP contribution is 2.13. The highest BCUT2D eigenvalue weighted by Gasteiger charge is 2.12. The van der Waals surface area contributed by atoms with Crippen molar-refractivity contribution in [2.24, 2.45) is 11.7 Å². The number of thiol groups is 1. The molecule has 0 saturated carbocycles. The molecule has 11 heavy (non-hydrogen) atoms. The van der Waals surface area contributed by atoms with Crippen LogP contribution < -0.4 is 5.73 Å². The maximum Gasteiger partial charge on any atom is 0.303 e. The van der Waals surface area contributed by atoms with E-state index in [4.69, 9.17) is 10.8 Å². The Bertz CT molecular complexity index is 128. The van der Waals surface area contributed by atoms with Gasteiger partial charge in [-0.3, -0.25) is 4.79 Å². The summed E-state index contributed by atoms with van der Waals surface area (Å²) in [6.07, 6.45) is 0.924. The summed E-state index contributed by atoms with van der Waals surface area (Å²) in [5.74, 6) is -0.713. The molecule has 4 heteroatoms. The number of hydrogen-bond acceptors (Lipinski definition) is 3. The van der Waals surface area contributed by atoms with Crippen molar-refractivity contribution in [3.63, 3.8) is 0 Å². The van der Waals surface area contributed by atoms with Crippen molar-refractivity contribution in [3.8, 4) is 0 Å². The fourth-order valence-electron chi connectivity index (χ4n) is 0.992. The predicted molar refractivity (Wildman–Crippen MR) is 47.9 cm³/mol. The second-order valence-corrected chi connectivity index (χ2v) is 3.67. The van der Waals surface area contributed by atoms with E-state index in [1.807, 2.05) is 6.92 Å². The van der Waals surface area contributed by atoms with Crippen LogP contribution in [0.2, 0.25) is 0 Å². The van der Waals surface area contributed by atoms with Crippen LogP contribution in [0.5, 0.6) is 0 Å². The number of carbonyl (C=O) groups is 1. The van der Waals surface area contributed by atoms with Crippen molar-refractivity contribution >= 4 is 18.6 Å². The monoisotopic (exact) mass is 177 g/mol. The topological polar surface area (TPSA) is 63.3 Å². The zero-order chi connectivity index (χ0) is 8.85. The molecule has 66 valence electrons. The van der Waals surface area contributed by atoms with Crippen LogP contribution in [0.3, 0.4) is 0 Å². The van der Waals surface area contributed by atoms with Crippen molar-refractivity contribution in [2.75, 3.05) is 6.54 Å². The first kappa shape index (κ1) is 10.8. The average Bonchev–Trinajstić information content (AvgIpc) is 1.84. The molecule has 3 N–H and O–H groups in total. The van der Waals surface area contributed by atoms with Crippen molar-refractivity contribution < 1.29 is 9.90 Å². The van der Waals surface area contributed by atoms with Gasteiger partial charge >= 0.3 is 5.97 Å². The van der Waals surface area contributed by atoms with Gasteiger partial charge in [0.1, 0.15) is 0 Å². The minimum Gasteiger partial charge on any atom is -0.481 e. The van der Waals surface area contributed by atoms with Gasteiger partial charge in [0, 0.05) is 6.42 Å². The molecule has 0 aromatic heterocycles. The summed E-state index contributed by atoms with van der Waals surface area (Å²) in [4.78, 5) is 10.3. The minimum atomic E-state index is -0.783. The number of rotatable bonds is 5. The van der Waals surface area contributed by atoms with Gasteiger partial charge in [-0.1, -0.05) is 6.92 Å². The Morgan fingerprint density at radius 2 is 2.27 bits per heavy atom. The molecule has 0 aromatic rings. The second-order valence-electron chi connectivity index (χ2n) is 2.78. The molecule has 0 heterocycles. The first-order valence-corrected chi connectivity index (χ1v) is 4.17. The molecule has 0 saturated heterocycles. The van der Waals surface area contributed by atoms with Crippen molar-refractivity contribution in [1.82, 2.24) is 0 Å². The fraction of sp³-hybridized carbons (Fsp3) is 0.857. The summed E-state index contributed by atoms with van der Waals surface area (Å²) in [5.41, 5.74) is 5.37. The maximum atomic E-state index is 10.3. The molecule has 0 spiro atoms. The molecule has 0 aliphatic rings. The van der Waals surface area contributed by atoms with E-state index in [9.17, 15) is 4.79 Å². The van der Waals surface area contributed by atoms with E-state index in [2.05, 4.69) is 12.6 Å². The molecule has 2 atom stereocenters. The SMILES string of the molecule is CC(S)C[C@@H](CN)CC(=O)O. The predicted octanol–water partition coefficient (Wildman–Crippen LogP) is 0.744. The molecular weight excluding hydrogens is 162 g/mol. The van der Waals surface area contributed by atoms with E-state index in [-0.39, 0.29) is 17.6 Å². The average molecular weight is 177 g/mol. The molecule has 0 aliphatic heterocycles. The van der Waals surface area contributed by atoms with Gasteiger partial charge < -0.3 is 10.8 Å². The largest absolute Gasteiger partial charge is 0.481 e. The molecule has 0 aliphatic carbocycles. The summed E-state index contributed by atoms with van der Waals surface area (Å²) in [5, 5.41) is 8.67. The van der Waals surface area contributed by atoms with Crippen LogP contribution in [-0.4, -0.2) is 22.9 Å². The molecular formula is C7H15NO2S. The van der Waals surface area contributed by atoms with Crippen LogP contribution >= 0.6 is 12.6 Å². The van der Waals surface area contributed by atoms with Gasteiger partial charge in [-0.15, -0.1) is 0 Å². The van der Waals surface area contributed by atoms with E-state index in [1.54, 1.807) is 0 Å². The summed E-state index contributed by atoms with van der Waals surface area (Å²) < 4.78 is 0. The first-order valence-electron chi connectivity index (χ1n) is 3.66. The standard InChI is InChI=1S/C7H15NO2S/c1-5(11)2-6(4-8)3-7(9)10/h5-6,11H,2-4,8H2,1H3,(H,9,10)/t5?,6-/m1/s1. The Kier molecular flexibility index (Phi) is 5.32. The normalized spacial score (nSPS) is 15.9. The zero-order valence-corrected chi connectivity index (χ0v) is 7.55. The minimum absolute atomic E-state index is 0.0694. The Balaban J connectivity index is 3.66. The summed E-state index contributed by atoms with van der Waals surface area (Å²) in [6.45, 7) is 2.37. The van der Waals surface area contributed by atoms with Crippen LogP contribution in [0.15, 0.2) is 0 Å². The third-order valence-corrected chi connectivity index (χ3v) is 1.68. The summed E-state index contributed by atoms with van der Waals surface area (Å²) in [7, 11) is 0. The van der Waals surface area contributed by atoms with Crippen molar-refractivity contribution in [3.05, 3.63) is 0 Å². The smallest absolute Gasteiger partial charge is 0.303 e. The molecule has 1 unspecified atom stereocenters. The number of carboxylic acid groups (broad SMARTS) is 1. The summed E-state index contributed by atoms with van der Waals surface area (Å²) in [6, 6.07) is 0. The van der Waals surface area contributed by atoms with Crippen LogP contribution in [0, 0.1) is 5.92 Å². The lowest BCUT2D eigenvalue weighted by Crippen LogP contribution is -2.20. The van der Waals surface area contributed by atoms with E-state index in [0.717, 1.165) is 6.42 Å². The van der Waals surface area contributed by atoms with Crippen LogP contribution in [-0.2, 0) is 4.79 Å².